The molecule has 1 aliphatic rings. The predicted octanol–water partition coefficient (Wildman–Crippen LogP) is 1.93. The topological polar surface area (TPSA) is 47.8 Å². The Bertz CT molecular complexity index is 331. The van der Waals surface area contributed by atoms with Crippen LogP contribution >= 0.6 is 11.8 Å². The van der Waals surface area contributed by atoms with Gasteiger partial charge in [-0.2, -0.15) is 0 Å². The Balaban J connectivity index is 2.36. The highest BCUT2D eigenvalue weighted by Gasteiger charge is 2.22. The van der Waals surface area contributed by atoms with Gasteiger partial charge in [0.05, 0.1) is 0 Å². The molecular formula is C9H13N3OS. The van der Waals surface area contributed by atoms with Crippen LogP contribution in [0, 0.1) is 0 Å². The van der Waals surface area contributed by atoms with E-state index in [4.69, 9.17) is 0 Å². The molecule has 1 heterocycles. The molecule has 1 saturated carbocycles. The van der Waals surface area contributed by atoms with Crippen LogP contribution in [0.1, 0.15) is 42.3 Å². The Morgan fingerprint density at radius 3 is 2.71 bits per heavy atom. The molecule has 0 N–H and O–H groups in total. The normalized spacial score (nSPS) is 17.5. The molecule has 0 radical (unpaired) electrons. The fraction of sp³-hybridized carbons (Fsp3) is 0.667. The highest BCUT2D eigenvalue weighted by molar-refractivity contribution is 7.98. The van der Waals surface area contributed by atoms with Gasteiger partial charge in [0.2, 0.25) is 0 Å². The van der Waals surface area contributed by atoms with Crippen molar-refractivity contribution in [2.75, 3.05) is 6.26 Å². The van der Waals surface area contributed by atoms with Gasteiger partial charge in [0, 0.05) is 6.04 Å². The van der Waals surface area contributed by atoms with Crippen molar-refractivity contribution in [1.82, 2.24) is 14.8 Å². The molecule has 2 rings (SSSR count). The van der Waals surface area contributed by atoms with Crippen LogP contribution in [0.4, 0.5) is 0 Å². The van der Waals surface area contributed by atoms with Gasteiger partial charge in [0.25, 0.3) is 0 Å². The SMILES string of the molecule is CSc1nnc(C=O)n1C1CCCC1. The number of carbonyl (C=O) groups excluding carboxylic acids is 1. The summed E-state index contributed by atoms with van der Waals surface area (Å²) in [6.07, 6.45) is 7.54. The lowest BCUT2D eigenvalue weighted by atomic mass is 10.2. The van der Waals surface area contributed by atoms with E-state index in [1.165, 1.54) is 12.8 Å². The van der Waals surface area contributed by atoms with Crippen LogP contribution in [0.5, 0.6) is 0 Å². The minimum Gasteiger partial charge on any atom is -0.297 e. The minimum absolute atomic E-state index is 0.438. The summed E-state index contributed by atoms with van der Waals surface area (Å²) >= 11 is 1.55. The summed E-state index contributed by atoms with van der Waals surface area (Å²) in [5, 5.41) is 8.73. The molecule has 4 nitrogen and oxygen atoms in total. The van der Waals surface area contributed by atoms with Crippen molar-refractivity contribution >= 4 is 18.0 Å². The van der Waals surface area contributed by atoms with Crippen molar-refractivity contribution < 1.29 is 4.79 Å². The number of aromatic nitrogens is 3. The van der Waals surface area contributed by atoms with Crippen molar-refractivity contribution in [2.45, 2.75) is 36.9 Å². The van der Waals surface area contributed by atoms with E-state index in [0.29, 0.717) is 11.9 Å². The quantitative estimate of drug-likeness (QED) is 0.566. The zero-order chi connectivity index (χ0) is 9.97. The van der Waals surface area contributed by atoms with E-state index in [-0.39, 0.29) is 0 Å². The Morgan fingerprint density at radius 1 is 1.43 bits per heavy atom. The highest BCUT2D eigenvalue weighted by Crippen LogP contribution is 2.32. The second-order valence-corrected chi connectivity index (χ2v) is 4.24. The number of nitrogens with zero attached hydrogens (tertiary/aromatic N) is 3. The largest absolute Gasteiger partial charge is 0.297 e. The summed E-state index contributed by atoms with van der Waals surface area (Å²) in [6, 6.07) is 0.438. The van der Waals surface area contributed by atoms with Crippen LogP contribution in [0.15, 0.2) is 5.16 Å². The van der Waals surface area contributed by atoms with Gasteiger partial charge in [-0.1, -0.05) is 24.6 Å². The maximum absolute atomic E-state index is 10.8. The van der Waals surface area contributed by atoms with Crippen LogP contribution in [0.25, 0.3) is 0 Å². The smallest absolute Gasteiger partial charge is 0.197 e. The lowest BCUT2D eigenvalue weighted by Crippen LogP contribution is -2.09. The molecule has 0 unspecified atom stereocenters. The summed E-state index contributed by atoms with van der Waals surface area (Å²) in [5.41, 5.74) is 0. The van der Waals surface area contributed by atoms with Gasteiger partial charge in [-0.05, 0) is 19.1 Å². The number of thioether (sulfide) groups is 1. The van der Waals surface area contributed by atoms with Crippen LogP contribution < -0.4 is 0 Å². The maximum Gasteiger partial charge on any atom is 0.197 e. The third-order valence-corrected chi connectivity index (χ3v) is 3.31. The number of rotatable bonds is 3. The highest BCUT2D eigenvalue weighted by atomic mass is 32.2. The van der Waals surface area contributed by atoms with Gasteiger partial charge >= 0.3 is 0 Å². The second-order valence-electron chi connectivity index (χ2n) is 3.47. The Labute approximate surface area is 87.1 Å². The molecule has 0 atom stereocenters. The molecule has 1 fully saturated rings. The second kappa shape index (κ2) is 4.13. The fourth-order valence-corrected chi connectivity index (χ4v) is 2.58. The lowest BCUT2D eigenvalue weighted by Gasteiger charge is -2.13. The first-order valence-electron chi connectivity index (χ1n) is 4.81. The molecule has 0 aliphatic heterocycles. The summed E-state index contributed by atoms with van der Waals surface area (Å²) in [4.78, 5) is 10.8. The lowest BCUT2D eigenvalue weighted by molar-refractivity contribution is 0.110. The van der Waals surface area contributed by atoms with Gasteiger partial charge in [-0.25, -0.2) is 0 Å². The molecule has 0 aromatic carbocycles. The summed E-state index contributed by atoms with van der Waals surface area (Å²) < 4.78 is 1.99. The third-order valence-electron chi connectivity index (χ3n) is 2.67. The van der Waals surface area contributed by atoms with Crippen molar-refractivity contribution in [3.05, 3.63) is 5.82 Å². The van der Waals surface area contributed by atoms with E-state index in [9.17, 15) is 4.79 Å². The van der Waals surface area contributed by atoms with E-state index in [1.54, 1.807) is 11.8 Å². The molecule has 0 spiro atoms. The molecule has 1 aliphatic carbocycles. The molecule has 76 valence electrons. The monoisotopic (exact) mass is 211 g/mol. The number of hydrogen-bond donors (Lipinski definition) is 0. The van der Waals surface area contributed by atoms with Gasteiger partial charge in [-0.3, -0.25) is 9.36 Å². The first-order valence-corrected chi connectivity index (χ1v) is 6.03. The van der Waals surface area contributed by atoms with Crippen molar-refractivity contribution in [3.8, 4) is 0 Å². The van der Waals surface area contributed by atoms with Crippen LogP contribution in [0.3, 0.4) is 0 Å². The number of aldehydes is 1. The van der Waals surface area contributed by atoms with Crippen LogP contribution in [-0.2, 0) is 0 Å². The van der Waals surface area contributed by atoms with Crippen molar-refractivity contribution in [2.24, 2.45) is 0 Å². The average Bonchev–Trinajstić information content (AvgIpc) is 2.85. The molecule has 0 amide bonds. The van der Waals surface area contributed by atoms with E-state index >= 15 is 0 Å². The molecule has 0 bridgehead atoms. The van der Waals surface area contributed by atoms with E-state index in [2.05, 4.69) is 10.2 Å². The third kappa shape index (κ3) is 1.56. The number of carbonyl (C=O) groups is 1. The van der Waals surface area contributed by atoms with E-state index in [0.717, 1.165) is 24.3 Å². The van der Waals surface area contributed by atoms with Gasteiger partial charge < -0.3 is 0 Å². The molecule has 1 aromatic heterocycles. The summed E-state index contributed by atoms with van der Waals surface area (Å²) in [5.74, 6) is 0.473. The van der Waals surface area contributed by atoms with E-state index < -0.39 is 0 Å². The van der Waals surface area contributed by atoms with Gasteiger partial charge in [0.1, 0.15) is 0 Å². The maximum atomic E-state index is 10.8. The molecular weight excluding hydrogens is 198 g/mol. The van der Waals surface area contributed by atoms with Crippen molar-refractivity contribution in [3.63, 3.8) is 0 Å². The van der Waals surface area contributed by atoms with Crippen LogP contribution in [-0.4, -0.2) is 27.3 Å². The van der Waals surface area contributed by atoms with Gasteiger partial charge in [-0.15, -0.1) is 10.2 Å². The molecule has 1 aromatic rings. The number of hydrogen-bond acceptors (Lipinski definition) is 4. The van der Waals surface area contributed by atoms with Gasteiger partial charge in [0.15, 0.2) is 17.3 Å². The fourth-order valence-electron chi connectivity index (χ4n) is 2.01. The minimum atomic E-state index is 0.438. The summed E-state index contributed by atoms with van der Waals surface area (Å²) in [6.45, 7) is 0. The Hall–Kier alpha value is -0.840. The molecule has 0 saturated heterocycles. The van der Waals surface area contributed by atoms with Crippen LogP contribution in [0.2, 0.25) is 0 Å². The molecule has 5 heteroatoms. The average molecular weight is 211 g/mol. The summed E-state index contributed by atoms with van der Waals surface area (Å²) in [7, 11) is 0. The first kappa shape index (κ1) is 9.71. The Kier molecular flexibility index (Phi) is 2.86. The zero-order valence-electron chi connectivity index (χ0n) is 8.14. The standard InChI is InChI=1S/C9H13N3OS/c1-14-9-11-10-8(6-13)12(9)7-4-2-3-5-7/h6-7H,2-5H2,1H3. The zero-order valence-corrected chi connectivity index (χ0v) is 8.96. The first-order chi connectivity index (χ1) is 6.86. The predicted molar refractivity (Wildman–Crippen MR) is 54.7 cm³/mol. The molecule has 14 heavy (non-hydrogen) atoms. The van der Waals surface area contributed by atoms with E-state index in [1.807, 2.05) is 10.8 Å². The Morgan fingerprint density at radius 2 is 2.14 bits per heavy atom. The van der Waals surface area contributed by atoms with Crippen molar-refractivity contribution in [1.29, 1.82) is 0 Å².